The van der Waals surface area contributed by atoms with Gasteiger partial charge in [0, 0.05) is 44.7 Å². The Morgan fingerprint density at radius 2 is 1.83 bits per heavy atom. The standard InChI is InChI=1S/C22H36N4O3/c1-28-16-17-29-18-22(27)24-20-2-4-21(5-3-20)26-14-12-25(13-15-26)11-8-19-6-9-23-10-7-19/h2-5,19,23H,6-18H2,1H3,(H,24,27). The molecule has 0 radical (unpaired) electrons. The first kappa shape index (κ1) is 22.0. The lowest BCUT2D eigenvalue weighted by Gasteiger charge is -2.37. The summed E-state index contributed by atoms with van der Waals surface area (Å²) in [5, 5.41) is 6.32. The molecule has 1 aromatic rings. The van der Waals surface area contributed by atoms with Gasteiger partial charge in [0.05, 0.1) is 13.2 Å². The number of rotatable bonds is 10. The third-order valence-corrected chi connectivity index (χ3v) is 5.87. The molecule has 0 aliphatic carbocycles. The van der Waals surface area contributed by atoms with Crippen LogP contribution >= 0.6 is 0 Å². The number of piperazine rings is 1. The summed E-state index contributed by atoms with van der Waals surface area (Å²) in [6.07, 6.45) is 4.01. The van der Waals surface area contributed by atoms with Crippen LogP contribution < -0.4 is 15.5 Å². The van der Waals surface area contributed by atoms with Gasteiger partial charge in [-0.3, -0.25) is 9.69 Å². The summed E-state index contributed by atoms with van der Waals surface area (Å²) in [6, 6.07) is 8.11. The van der Waals surface area contributed by atoms with Crippen molar-refractivity contribution in [3.8, 4) is 0 Å². The van der Waals surface area contributed by atoms with Crippen molar-refractivity contribution in [1.82, 2.24) is 10.2 Å². The van der Waals surface area contributed by atoms with E-state index in [1.165, 1.54) is 44.6 Å². The lowest BCUT2D eigenvalue weighted by atomic mass is 9.94. The number of nitrogens with zero attached hydrogens (tertiary/aromatic N) is 2. The largest absolute Gasteiger partial charge is 0.382 e. The first-order chi connectivity index (χ1) is 14.2. The van der Waals surface area contributed by atoms with Gasteiger partial charge in [-0.25, -0.2) is 0 Å². The predicted octanol–water partition coefficient (Wildman–Crippen LogP) is 1.80. The Labute approximate surface area is 174 Å². The molecular weight excluding hydrogens is 368 g/mol. The van der Waals surface area contributed by atoms with Crippen molar-refractivity contribution in [1.29, 1.82) is 0 Å². The van der Waals surface area contributed by atoms with Crippen molar-refractivity contribution in [2.24, 2.45) is 5.92 Å². The molecule has 2 aliphatic heterocycles. The zero-order valence-corrected chi connectivity index (χ0v) is 17.7. The molecule has 1 aromatic carbocycles. The second kappa shape index (κ2) is 12.1. The van der Waals surface area contributed by atoms with Crippen LogP contribution in [0.4, 0.5) is 11.4 Å². The van der Waals surface area contributed by atoms with Gasteiger partial charge in [-0.2, -0.15) is 0 Å². The van der Waals surface area contributed by atoms with E-state index in [2.05, 4.69) is 32.6 Å². The van der Waals surface area contributed by atoms with Gasteiger partial charge in [0.2, 0.25) is 5.91 Å². The average Bonchev–Trinajstić information content (AvgIpc) is 2.77. The van der Waals surface area contributed by atoms with Crippen LogP contribution in [0.3, 0.4) is 0 Å². The summed E-state index contributed by atoms with van der Waals surface area (Å²) in [7, 11) is 1.61. The average molecular weight is 405 g/mol. The molecule has 29 heavy (non-hydrogen) atoms. The number of amides is 1. The molecule has 7 heteroatoms. The van der Waals surface area contributed by atoms with E-state index >= 15 is 0 Å². The minimum atomic E-state index is -0.142. The zero-order valence-electron chi connectivity index (χ0n) is 17.7. The molecule has 2 heterocycles. The third kappa shape index (κ3) is 7.59. The van der Waals surface area contributed by atoms with E-state index in [-0.39, 0.29) is 12.5 Å². The zero-order chi connectivity index (χ0) is 20.3. The first-order valence-electron chi connectivity index (χ1n) is 10.9. The van der Waals surface area contributed by atoms with E-state index in [1.54, 1.807) is 7.11 Å². The van der Waals surface area contributed by atoms with Crippen LogP contribution in [-0.2, 0) is 14.3 Å². The molecule has 2 N–H and O–H groups in total. The van der Waals surface area contributed by atoms with Crippen molar-refractivity contribution in [3.05, 3.63) is 24.3 Å². The van der Waals surface area contributed by atoms with E-state index in [0.29, 0.717) is 13.2 Å². The fourth-order valence-electron chi connectivity index (χ4n) is 4.02. The van der Waals surface area contributed by atoms with Crippen LogP contribution in [0.1, 0.15) is 19.3 Å². The summed E-state index contributed by atoms with van der Waals surface area (Å²) in [5.41, 5.74) is 2.02. The fraction of sp³-hybridized carbons (Fsp3) is 0.682. The molecule has 2 saturated heterocycles. The third-order valence-electron chi connectivity index (χ3n) is 5.87. The van der Waals surface area contributed by atoms with Gasteiger partial charge in [-0.1, -0.05) is 0 Å². The normalized spacial score (nSPS) is 18.7. The van der Waals surface area contributed by atoms with Crippen LogP contribution in [-0.4, -0.2) is 83.6 Å². The summed E-state index contributed by atoms with van der Waals surface area (Å²) in [5.74, 6) is 0.763. The molecule has 0 bridgehead atoms. The summed E-state index contributed by atoms with van der Waals surface area (Å²) in [4.78, 5) is 16.9. The lowest BCUT2D eigenvalue weighted by Crippen LogP contribution is -2.47. The maximum atomic E-state index is 11.9. The van der Waals surface area contributed by atoms with Gasteiger partial charge in [0.15, 0.2) is 0 Å². The van der Waals surface area contributed by atoms with E-state index < -0.39 is 0 Å². The maximum absolute atomic E-state index is 11.9. The molecular formula is C22H36N4O3. The molecule has 0 spiro atoms. The van der Waals surface area contributed by atoms with Crippen molar-refractivity contribution in [2.45, 2.75) is 19.3 Å². The molecule has 3 rings (SSSR count). The number of carbonyl (C=O) groups is 1. The maximum Gasteiger partial charge on any atom is 0.250 e. The highest BCUT2D eigenvalue weighted by Gasteiger charge is 2.19. The lowest BCUT2D eigenvalue weighted by molar-refractivity contribution is -0.121. The highest BCUT2D eigenvalue weighted by molar-refractivity contribution is 5.91. The Bertz CT molecular complexity index is 597. The number of ether oxygens (including phenoxy) is 2. The molecule has 0 aromatic heterocycles. The van der Waals surface area contributed by atoms with Crippen LogP contribution in [0.5, 0.6) is 0 Å². The molecule has 2 aliphatic rings. The predicted molar refractivity (Wildman–Crippen MR) is 117 cm³/mol. The van der Waals surface area contributed by atoms with E-state index in [0.717, 1.165) is 37.8 Å². The number of carbonyl (C=O) groups excluding carboxylic acids is 1. The second-order valence-electron chi connectivity index (χ2n) is 7.95. The SMILES string of the molecule is COCCOCC(=O)Nc1ccc(N2CCN(CCC3CCNCC3)CC2)cc1. The van der Waals surface area contributed by atoms with Crippen molar-refractivity contribution < 1.29 is 14.3 Å². The van der Waals surface area contributed by atoms with E-state index in [9.17, 15) is 4.79 Å². The number of methoxy groups -OCH3 is 1. The molecule has 1 amide bonds. The first-order valence-corrected chi connectivity index (χ1v) is 10.9. The highest BCUT2D eigenvalue weighted by atomic mass is 16.5. The number of piperidine rings is 1. The van der Waals surface area contributed by atoms with Crippen molar-refractivity contribution in [3.63, 3.8) is 0 Å². The van der Waals surface area contributed by atoms with Crippen LogP contribution in [0, 0.1) is 5.92 Å². The minimum absolute atomic E-state index is 0.0461. The summed E-state index contributed by atoms with van der Waals surface area (Å²) in [6.45, 7) is 8.95. The summed E-state index contributed by atoms with van der Waals surface area (Å²) >= 11 is 0. The smallest absolute Gasteiger partial charge is 0.250 e. The Kier molecular flexibility index (Phi) is 9.21. The van der Waals surface area contributed by atoms with Gasteiger partial charge in [0.25, 0.3) is 0 Å². The van der Waals surface area contributed by atoms with Crippen molar-refractivity contribution >= 4 is 17.3 Å². The van der Waals surface area contributed by atoms with Crippen LogP contribution in [0.25, 0.3) is 0 Å². The molecule has 0 unspecified atom stereocenters. The molecule has 0 atom stereocenters. The number of nitrogens with one attached hydrogen (secondary N) is 2. The quantitative estimate of drug-likeness (QED) is 0.580. The van der Waals surface area contributed by atoms with Gasteiger partial charge in [-0.15, -0.1) is 0 Å². The molecule has 7 nitrogen and oxygen atoms in total. The fourth-order valence-corrected chi connectivity index (χ4v) is 4.02. The Balaban J connectivity index is 1.35. The Morgan fingerprint density at radius 3 is 2.52 bits per heavy atom. The highest BCUT2D eigenvalue weighted by Crippen LogP contribution is 2.21. The van der Waals surface area contributed by atoms with Crippen LogP contribution in [0.2, 0.25) is 0 Å². The number of hydrogen-bond acceptors (Lipinski definition) is 6. The number of benzene rings is 1. The van der Waals surface area contributed by atoms with Gasteiger partial charge in [-0.05, 0) is 69.1 Å². The van der Waals surface area contributed by atoms with Gasteiger partial charge in [0.1, 0.15) is 6.61 Å². The summed E-state index contributed by atoms with van der Waals surface area (Å²) < 4.78 is 10.1. The Hall–Kier alpha value is -1.67. The van der Waals surface area contributed by atoms with E-state index in [1.807, 2.05) is 12.1 Å². The molecule has 162 valence electrons. The minimum Gasteiger partial charge on any atom is -0.382 e. The molecule has 0 saturated carbocycles. The number of hydrogen-bond donors (Lipinski definition) is 2. The topological polar surface area (TPSA) is 66.1 Å². The van der Waals surface area contributed by atoms with Gasteiger partial charge >= 0.3 is 0 Å². The second-order valence-corrected chi connectivity index (χ2v) is 7.95. The number of anilines is 2. The monoisotopic (exact) mass is 404 g/mol. The van der Waals surface area contributed by atoms with Crippen molar-refractivity contribution in [2.75, 3.05) is 83.0 Å². The van der Waals surface area contributed by atoms with E-state index in [4.69, 9.17) is 9.47 Å². The van der Waals surface area contributed by atoms with Crippen LogP contribution in [0.15, 0.2) is 24.3 Å². The molecule has 2 fully saturated rings. The Morgan fingerprint density at radius 1 is 1.10 bits per heavy atom. The van der Waals surface area contributed by atoms with Gasteiger partial charge < -0.3 is 25.0 Å².